The van der Waals surface area contributed by atoms with Crippen LogP contribution in [0.5, 0.6) is 0 Å². The van der Waals surface area contributed by atoms with Crippen LogP contribution in [0.2, 0.25) is 0 Å². The monoisotopic (exact) mass is 430 g/mol. The number of aromatic nitrogens is 2. The molecule has 0 saturated carbocycles. The molecule has 0 spiro atoms. The van der Waals surface area contributed by atoms with E-state index < -0.39 is 5.41 Å². The minimum absolute atomic E-state index is 0.0644. The van der Waals surface area contributed by atoms with Crippen LogP contribution in [0.25, 0.3) is 11.1 Å². The quantitative estimate of drug-likeness (QED) is 0.622. The van der Waals surface area contributed by atoms with E-state index in [1.54, 1.807) is 47.9 Å². The van der Waals surface area contributed by atoms with E-state index in [-0.39, 0.29) is 11.8 Å². The molecule has 2 aromatic carbocycles. The summed E-state index contributed by atoms with van der Waals surface area (Å²) in [5.74, 6) is -0.0537. The van der Waals surface area contributed by atoms with Gasteiger partial charge in [0.15, 0.2) is 0 Å². The predicted octanol–water partition coefficient (Wildman–Crippen LogP) is 3.56. The maximum atomic E-state index is 13.3. The molecule has 3 aromatic rings. The Kier molecular flexibility index (Phi) is 5.87. The summed E-state index contributed by atoms with van der Waals surface area (Å²) in [6, 6.07) is 18.6. The van der Waals surface area contributed by atoms with Crippen molar-refractivity contribution in [2.45, 2.75) is 19.8 Å². The molecule has 6 nitrogen and oxygen atoms in total. The third kappa shape index (κ3) is 4.31. The molecule has 2 amide bonds. The second-order valence-electron chi connectivity index (χ2n) is 9.07. The summed E-state index contributed by atoms with van der Waals surface area (Å²) in [6.07, 6.45) is 2.99. The van der Waals surface area contributed by atoms with Crippen LogP contribution in [0.1, 0.15) is 28.0 Å². The first-order valence-electron chi connectivity index (χ1n) is 10.9. The van der Waals surface area contributed by atoms with Crippen molar-refractivity contribution in [1.29, 1.82) is 0 Å². The van der Waals surface area contributed by atoms with E-state index in [2.05, 4.69) is 54.5 Å². The molecule has 6 heteroatoms. The van der Waals surface area contributed by atoms with Crippen LogP contribution in [0.4, 0.5) is 0 Å². The van der Waals surface area contributed by atoms with Gasteiger partial charge >= 0.3 is 0 Å². The average Bonchev–Trinajstić information content (AvgIpc) is 3.40. The molecule has 1 aromatic heterocycles. The fourth-order valence-electron chi connectivity index (χ4n) is 4.60. The fourth-order valence-corrected chi connectivity index (χ4v) is 4.60. The summed E-state index contributed by atoms with van der Waals surface area (Å²) in [6.45, 7) is 3.02. The number of benzene rings is 2. The van der Waals surface area contributed by atoms with E-state index in [4.69, 9.17) is 0 Å². The summed E-state index contributed by atoms with van der Waals surface area (Å²) in [5, 5.41) is 4.25. The minimum atomic E-state index is -0.639. The topological polar surface area (TPSA) is 58.4 Å². The van der Waals surface area contributed by atoms with Gasteiger partial charge in [0.1, 0.15) is 5.69 Å². The number of hydrogen-bond acceptors (Lipinski definition) is 3. The molecule has 2 heterocycles. The lowest BCUT2D eigenvalue weighted by Gasteiger charge is -2.31. The number of aryl methyl sites for hydroxylation is 2. The summed E-state index contributed by atoms with van der Waals surface area (Å²) in [5.41, 5.74) is 4.40. The van der Waals surface area contributed by atoms with Gasteiger partial charge in [-0.3, -0.25) is 14.3 Å². The molecule has 1 aliphatic heterocycles. The fraction of sp³-hybridized carbons (Fsp3) is 0.346. The first-order valence-corrected chi connectivity index (χ1v) is 10.9. The molecule has 0 radical (unpaired) electrons. The van der Waals surface area contributed by atoms with Gasteiger partial charge in [-0.15, -0.1) is 0 Å². The van der Waals surface area contributed by atoms with Gasteiger partial charge in [-0.05, 0) is 42.5 Å². The van der Waals surface area contributed by atoms with Crippen molar-refractivity contribution in [3.05, 3.63) is 77.6 Å². The van der Waals surface area contributed by atoms with Crippen molar-refractivity contribution in [2.75, 3.05) is 27.2 Å². The highest BCUT2D eigenvalue weighted by molar-refractivity contribution is 5.93. The summed E-state index contributed by atoms with van der Waals surface area (Å²) in [7, 11) is 5.37. The molecule has 32 heavy (non-hydrogen) atoms. The predicted molar refractivity (Wildman–Crippen MR) is 125 cm³/mol. The van der Waals surface area contributed by atoms with Crippen LogP contribution in [-0.4, -0.2) is 58.6 Å². The number of amides is 2. The molecule has 1 fully saturated rings. The van der Waals surface area contributed by atoms with Gasteiger partial charge in [0.25, 0.3) is 5.91 Å². The Bertz CT molecular complexity index is 1130. The van der Waals surface area contributed by atoms with E-state index in [0.29, 0.717) is 31.6 Å². The average molecular weight is 431 g/mol. The maximum Gasteiger partial charge on any atom is 0.274 e. The van der Waals surface area contributed by atoms with Crippen LogP contribution in [-0.2, 0) is 18.3 Å². The zero-order valence-electron chi connectivity index (χ0n) is 19.2. The SMILES string of the molecule is Cc1ccc(-c2cccc(C[C@]3(C(=O)N(C)C)CCN(C(=O)c4ccn(C)n4)C3)c2)cc1. The highest BCUT2D eigenvalue weighted by atomic mass is 16.2. The lowest BCUT2D eigenvalue weighted by atomic mass is 9.79. The number of likely N-dealkylation sites (tertiary alicyclic amines) is 1. The number of carbonyl (C=O) groups is 2. The van der Waals surface area contributed by atoms with Crippen LogP contribution in [0, 0.1) is 12.3 Å². The molecule has 4 rings (SSSR count). The minimum Gasteiger partial charge on any atom is -0.348 e. The zero-order valence-corrected chi connectivity index (χ0v) is 19.2. The Morgan fingerprint density at radius 2 is 1.81 bits per heavy atom. The second kappa shape index (κ2) is 8.61. The third-order valence-corrected chi connectivity index (χ3v) is 6.29. The van der Waals surface area contributed by atoms with Crippen LogP contribution in [0.3, 0.4) is 0 Å². The molecular weight excluding hydrogens is 400 g/mol. The molecule has 1 atom stereocenters. The van der Waals surface area contributed by atoms with E-state index in [1.807, 2.05) is 6.07 Å². The summed E-state index contributed by atoms with van der Waals surface area (Å²) in [4.78, 5) is 29.7. The highest BCUT2D eigenvalue weighted by Gasteiger charge is 2.47. The molecule has 0 aliphatic carbocycles. The number of rotatable bonds is 5. The van der Waals surface area contributed by atoms with Gasteiger partial charge in [0, 0.05) is 40.4 Å². The van der Waals surface area contributed by atoms with Crippen molar-refractivity contribution in [3.8, 4) is 11.1 Å². The number of nitrogens with zero attached hydrogens (tertiary/aromatic N) is 4. The van der Waals surface area contributed by atoms with Crippen molar-refractivity contribution in [3.63, 3.8) is 0 Å². The Labute approximate surface area is 189 Å². The standard InChI is InChI=1S/C26H30N4O2/c1-19-8-10-21(11-9-19)22-7-5-6-20(16-22)17-26(25(32)28(2)3)13-15-30(18-26)24(31)23-12-14-29(4)27-23/h5-12,14,16H,13,15,17-18H2,1-4H3/t26-/m1/s1. The van der Waals surface area contributed by atoms with Crippen LogP contribution in [0.15, 0.2) is 60.8 Å². The second-order valence-corrected chi connectivity index (χ2v) is 9.07. The summed E-state index contributed by atoms with van der Waals surface area (Å²) < 4.78 is 1.62. The van der Waals surface area contributed by atoms with Crippen LogP contribution >= 0.6 is 0 Å². The Morgan fingerprint density at radius 1 is 1.06 bits per heavy atom. The largest absolute Gasteiger partial charge is 0.348 e. The Morgan fingerprint density at radius 3 is 2.47 bits per heavy atom. The Balaban J connectivity index is 1.61. The molecular formula is C26H30N4O2. The van der Waals surface area contributed by atoms with Crippen molar-refractivity contribution >= 4 is 11.8 Å². The molecule has 0 unspecified atom stereocenters. The number of hydrogen-bond donors (Lipinski definition) is 0. The molecule has 0 N–H and O–H groups in total. The maximum absolute atomic E-state index is 13.3. The Hall–Kier alpha value is -3.41. The smallest absolute Gasteiger partial charge is 0.274 e. The number of carbonyl (C=O) groups excluding carboxylic acids is 2. The first-order chi connectivity index (χ1) is 15.3. The normalized spacial score (nSPS) is 18.1. The van der Waals surface area contributed by atoms with E-state index in [9.17, 15) is 9.59 Å². The van der Waals surface area contributed by atoms with Crippen molar-refractivity contribution < 1.29 is 9.59 Å². The molecule has 0 bridgehead atoms. The van der Waals surface area contributed by atoms with Gasteiger partial charge in [0.05, 0.1) is 5.41 Å². The zero-order chi connectivity index (χ0) is 22.9. The first kappa shape index (κ1) is 21.8. The summed E-state index contributed by atoms with van der Waals surface area (Å²) >= 11 is 0. The van der Waals surface area contributed by atoms with E-state index >= 15 is 0 Å². The van der Waals surface area contributed by atoms with E-state index in [1.165, 1.54) is 5.56 Å². The molecule has 1 saturated heterocycles. The van der Waals surface area contributed by atoms with Gasteiger partial charge in [-0.25, -0.2) is 0 Å². The van der Waals surface area contributed by atoms with E-state index in [0.717, 1.165) is 16.7 Å². The van der Waals surface area contributed by atoms with Gasteiger partial charge < -0.3 is 9.80 Å². The van der Waals surface area contributed by atoms with Crippen molar-refractivity contribution in [1.82, 2.24) is 19.6 Å². The van der Waals surface area contributed by atoms with Crippen LogP contribution < -0.4 is 0 Å². The third-order valence-electron chi connectivity index (χ3n) is 6.29. The molecule has 1 aliphatic rings. The lowest BCUT2D eigenvalue weighted by molar-refractivity contribution is -0.138. The molecule has 166 valence electrons. The van der Waals surface area contributed by atoms with Crippen molar-refractivity contribution in [2.24, 2.45) is 12.5 Å². The van der Waals surface area contributed by atoms with Gasteiger partial charge in [-0.2, -0.15) is 5.10 Å². The van der Waals surface area contributed by atoms with Gasteiger partial charge in [-0.1, -0.05) is 54.1 Å². The highest BCUT2D eigenvalue weighted by Crippen LogP contribution is 2.37. The lowest BCUT2D eigenvalue weighted by Crippen LogP contribution is -2.44. The van der Waals surface area contributed by atoms with Gasteiger partial charge in [0.2, 0.25) is 5.91 Å².